The van der Waals surface area contributed by atoms with Gasteiger partial charge in [-0.05, 0) is 24.6 Å². The molecule has 0 radical (unpaired) electrons. The van der Waals surface area contributed by atoms with Crippen LogP contribution in [0.5, 0.6) is 0 Å². The fraction of sp³-hybridized carbons (Fsp3) is 0.120. The zero-order chi connectivity index (χ0) is 22.3. The van der Waals surface area contributed by atoms with Crippen LogP contribution in [0.3, 0.4) is 0 Å². The van der Waals surface area contributed by atoms with Crippen molar-refractivity contribution in [3.05, 3.63) is 89.4 Å². The minimum Gasteiger partial charge on any atom is -0.326 e. The number of rotatable bonds is 7. The molecular formula is C25H21ClN4OS. The topological polar surface area (TPSA) is 67.8 Å². The van der Waals surface area contributed by atoms with E-state index in [0.29, 0.717) is 28.0 Å². The third-order valence-corrected chi connectivity index (χ3v) is 6.02. The van der Waals surface area contributed by atoms with Crippen LogP contribution in [0, 0.1) is 6.92 Å². The number of nitrogens with zero attached hydrogens (tertiary/aromatic N) is 3. The van der Waals surface area contributed by atoms with Gasteiger partial charge in [-0.1, -0.05) is 90.1 Å². The van der Waals surface area contributed by atoms with Gasteiger partial charge in [0.2, 0.25) is 11.1 Å². The zero-order valence-electron chi connectivity index (χ0n) is 17.5. The molecule has 0 aliphatic rings. The number of hydrogen-bond donors (Lipinski definition) is 1. The largest absolute Gasteiger partial charge is 0.326 e. The predicted molar refractivity (Wildman–Crippen MR) is 131 cm³/mol. The van der Waals surface area contributed by atoms with E-state index >= 15 is 0 Å². The minimum atomic E-state index is -0.0884. The Hall–Kier alpha value is -3.22. The van der Waals surface area contributed by atoms with Crippen LogP contribution in [0.25, 0.3) is 22.5 Å². The quantitative estimate of drug-likeness (QED) is 0.328. The maximum Gasteiger partial charge on any atom is 0.225 e. The van der Waals surface area contributed by atoms with Crippen molar-refractivity contribution in [2.75, 3.05) is 11.1 Å². The summed E-state index contributed by atoms with van der Waals surface area (Å²) in [5.74, 6) is 0.445. The zero-order valence-corrected chi connectivity index (χ0v) is 19.0. The Morgan fingerprint density at radius 1 is 0.906 bits per heavy atom. The third-order valence-electron chi connectivity index (χ3n) is 4.78. The van der Waals surface area contributed by atoms with E-state index in [2.05, 4.69) is 15.5 Å². The summed E-state index contributed by atoms with van der Waals surface area (Å²) in [4.78, 5) is 17.1. The molecule has 32 heavy (non-hydrogen) atoms. The lowest BCUT2D eigenvalue weighted by atomic mass is 10.0. The highest BCUT2D eigenvalue weighted by atomic mass is 35.5. The van der Waals surface area contributed by atoms with Crippen LogP contribution < -0.4 is 5.32 Å². The van der Waals surface area contributed by atoms with Crippen molar-refractivity contribution in [1.29, 1.82) is 0 Å². The van der Waals surface area contributed by atoms with Crippen molar-refractivity contribution < 1.29 is 4.79 Å². The maximum atomic E-state index is 12.3. The molecule has 0 unspecified atom stereocenters. The highest BCUT2D eigenvalue weighted by molar-refractivity contribution is 7.99. The molecule has 1 heterocycles. The molecule has 0 fully saturated rings. The Morgan fingerprint density at radius 3 is 2.22 bits per heavy atom. The van der Waals surface area contributed by atoms with Gasteiger partial charge in [-0.2, -0.15) is 0 Å². The molecule has 0 bridgehead atoms. The van der Waals surface area contributed by atoms with Crippen molar-refractivity contribution in [2.45, 2.75) is 18.5 Å². The second-order valence-corrected chi connectivity index (χ2v) is 8.60. The SMILES string of the molecule is Cc1ccc(NC(=O)CCSc2nnc(-c3ccccc3)c(-c3ccccc3)n2)cc1Cl. The molecule has 1 N–H and O–H groups in total. The third kappa shape index (κ3) is 5.52. The summed E-state index contributed by atoms with van der Waals surface area (Å²) in [5.41, 5.74) is 5.09. The van der Waals surface area contributed by atoms with E-state index in [1.165, 1.54) is 11.8 Å². The van der Waals surface area contributed by atoms with E-state index in [1.54, 1.807) is 6.07 Å². The fourth-order valence-corrected chi connectivity index (χ4v) is 3.99. The first-order valence-electron chi connectivity index (χ1n) is 10.1. The van der Waals surface area contributed by atoms with E-state index in [9.17, 15) is 4.79 Å². The molecule has 3 aromatic carbocycles. The number of thioether (sulfide) groups is 1. The Kier molecular flexibility index (Phi) is 7.14. The number of halogens is 1. The predicted octanol–water partition coefficient (Wildman–Crippen LogP) is 6.29. The number of carbonyl (C=O) groups excluding carboxylic acids is 1. The van der Waals surface area contributed by atoms with E-state index in [4.69, 9.17) is 16.6 Å². The van der Waals surface area contributed by atoms with Gasteiger partial charge in [0.15, 0.2) is 0 Å². The highest BCUT2D eigenvalue weighted by Gasteiger charge is 2.14. The number of benzene rings is 3. The second kappa shape index (κ2) is 10.4. The van der Waals surface area contributed by atoms with Gasteiger partial charge in [0.1, 0.15) is 11.4 Å². The van der Waals surface area contributed by atoms with E-state index in [0.717, 1.165) is 28.1 Å². The lowest BCUT2D eigenvalue weighted by molar-refractivity contribution is -0.115. The Labute approximate surface area is 196 Å². The summed E-state index contributed by atoms with van der Waals surface area (Å²) in [6.07, 6.45) is 0.320. The Morgan fingerprint density at radius 2 is 1.56 bits per heavy atom. The van der Waals surface area contributed by atoms with Crippen molar-refractivity contribution in [3.8, 4) is 22.5 Å². The van der Waals surface area contributed by atoms with E-state index in [-0.39, 0.29) is 5.91 Å². The number of amides is 1. The van der Waals surface area contributed by atoms with Gasteiger partial charge in [-0.3, -0.25) is 4.79 Å². The lowest BCUT2D eigenvalue weighted by Crippen LogP contribution is -2.12. The number of aromatic nitrogens is 3. The van der Waals surface area contributed by atoms with Gasteiger partial charge in [-0.25, -0.2) is 4.98 Å². The van der Waals surface area contributed by atoms with Gasteiger partial charge in [0.25, 0.3) is 0 Å². The minimum absolute atomic E-state index is 0.0884. The van der Waals surface area contributed by atoms with Crippen LogP contribution in [0.15, 0.2) is 84.0 Å². The highest BCUT2D eigenvalue weighted by Crippen LogP contribution is 2.29. The normalized spacial score (nSPS) is 10.7. The first-order chi connectivity index (χ1) is 15.6. The first-order valence-corrected chi connectivity index (χ1v) is 11.5. The molecule has 5 nitrogen and oxygen atoms in total. The molecule has 4 aromatic rings. The number of aryl methyl sites for hydroxylation is 1. The Bertz CT molecular complexity index is 1220. The van der Waals surface area contributed by atoms with Crippen molar-refractivity contribution >= 4 is 35.0 Å². The van der Waals surface area contributed by atoms with Crippen LogP contribution in [0.2, 0.25) is 5.02 Å². The molecule has 1 amide bonds. The van der Waals surface area contributed by atoms with Crippen LogP contribution in [-0.4, -0.2) is 26.8 Å². The molecule has 0 spiro atoms. The summed E-state index contributed by atoms with van der Waals surface area (Å²) in [6, 6.07) is 25.3. The standard InChI is InChI=1S/C25H21ClN4OS/c1-17-12-13-20(16-21(17)26)27-22(31)14-15-32-25-28-23(18-8-4-2-5-9-18)24(29-30-25)19-10-6-3-7-11-19/h2-13,16H,14-15H2,1H3,(H,27,31). The number of hydrogen-bond acceptors (Lipinski definition) is 5. The molecule has 7 heteroatoms. The molecule has 0 atom stereocenters. The fourth-order valence-electron chi connectivity index (χ4n) is 3.09. The van der Waals surface area contributed by atoms with Crippen molar-refractivity contribution in [3.63, 3.8) is 0 Å². The summed E-state index contributed by atoms with van der Waals surface area (Å²) < 4.78 is 0. The lowest BCUT2D eigenvalue weighted by Gasteiger charge is -2.09. The molecule has 0 saturated heterocycles. The van der Waals surface area contributed by atoms with Gasteiger partial charge in [0, 0.05) is 34.0 Å². The first kappa shape index (κ1) is 22.0. The van der Waals surface area contributed by atoms with Gasteiger partial charge in [-0.15, -0.1) is 10.2 Å². The summed E-state index contributed by atoms with van der Waals surface area (Å²) in [6.45, 7) is 1.92. The molecule has 1 aromatic heterocycles. The van der Waals surface area contributed by atoms with Crippen LogP contribution in [0.1, 0.15) is 12.0 Å². The molecule has 0 aliphatic carbocycles. The van der Waals surface area contributed by atoms with Crippen molar-refractivity contribution in [2.24, 2.45) is 0 Å². The maximum absolute atomic E-state index is 12.3. The van der Waals surface area contributed by atoms with E-state index < -0.39 is 0 Å². The van der Waals surface area contributed by atoms with Crippen LogP contribution in [-0.2, 0) is 4.79 Å². The van der Waals surface area contributed by atoms with Gasteiger partial charge in [0.05, 0.1) is 0 Å². The molecule has 0 saturated carbocycles. The van der Waals surface area contributed by atoms with Crippen molar-refractivity contribution in [1.82, 2.24) is 15.2 Å². The summed E-state index contributed by atoms with van der Waals surface area (Å²) in [5, 5.41) is 12.8. The second-order valence-electron chi connectivity index (χ2n) is 7.13. The molecule has 160 valence electrons. The average Bonchev–Trinajstić information content (AvgIpc) is 2.82. The number of carbonyl (C=O) groups is 1. The van der Waals surface area contributed by atoms with Gasteiger partial charge < -0.3 is 5.32 Å². The van der Waals surface area contributed by atoms with Crippen LogP contribution in [0.4, 0.5) is 5.69 Å². The smallest absolute Gasteiger partial charge is 0.225 e. The number of anilines is 1. The molecule has 4 rings (SSSR count). The monoisotopic (exact) mass is 460 g/mol. The Balaban J connectivity index is 1.46. The average molecular weight is 461 g/mol. The summed E-state index contributed by atoms with van der Waals surface area (Å²) in [7, 11) is 0. The molecule has 0 aliphatic heterocycles. The summed E-state index contributed by atoms with van der Waals surface area (Å²) >= 11 is 7.53. The van der Waals surface area contributed by atoms with Crippen LogP contribution >= 0.6 is 23.4 Å². The number of nitrogens with one attached hydrogen (secondary N) is 1. The van der Waals surface area contributed by atoms with Gasteiger partial charge >= 0.3 is 0 Å². The van der Waals surface area contributed by atoms with E-state index in [1.807, 2.05) is 79.7 Å². The molecular weight excluding hydrogens is 440 g/mol.